The van der Waals surface area contributed by atoms with Gasteiger partial charge in [0, 0.05) is 31.9 Å². The highest BCUT2D eigenvalue weighted by Crippen LogP contribution is 2.18. The summed E-state index contributed by atoms with van der Waals surface area (Å²) in [6.07, 6.45) is 1.97. The molecule has 1 aromatic rings. The number of carbonyl (C=O) groups is 1. The van der Waals surface area contributed by atoms with Gasteiger partial charge >= 0.3 is 0 Å². The highest BCUT2D eigenvalue weighted by Gasteiger charge is 2.20. The number of piperazine rings is 1. The maximum Gasteiger partial charge on any atom is 0.232 e. The lowest BCUT2D eigenvalue weighted by Crippen LogP contribution is -2.49. The molecule has 2 rings (SSSR count). The zero-order valence-electron chi connectivity index (χ0n) is 11.1. The van der Waals surface area contributed by atoms with Crippen molar-refractivity contribution in [2.45, 2.75) is 6.92 Å². The van der Waals surface area contributed by atoms with Crippen molar-refractivity contribution in [3.8, 4) is 0 Å². The molecule has 1 aliphatic rings. The van der Waals surface area contributed by atoms with Gasteiger partial charge in [-0.15, -0.1) is 0 Å². The number of hydrogen-bond donors (Lipinski definition) is 0. The van der Waals surface area contributed by atoms with E-state index in [-0.39, 0.29) is 5.91 Å². The van der Waals surface area contributed by atoms with Crippen LogP contribution in [0.5, 0.6) is 0 Å². The summed E-state index contributed by atoms with van der Waals surface area (Å²) in [7, 11) is 0. The molecule has 1 saturated heterocycles. The molecule has 1 heterocycles. The van der Waals surface area contributed by atoms with E-state index in [1.807, 2.05) is 11.2 Å². The summed E-state index contributed by atoms with van der Waals surface area (Å²) in [4.78, 5) is 16.1. The fourth-order valence-electron chi connectivity index (χ4n) is 2.25. The third-order valence-electron chi connectivity index (χ3n) is 3.27. The SMILES string of the molecule is CSCC(=O)N1CCN(c2cccc(C)c2)CC1. The predicted octanol–water partition coefficient (Wildman–Crippen LogP) is 2.01. The Labute approximate surface area is 113 Å². The van der Waals surface area contributed by atoms with E-state index in [4.69, 9.17) is 0 Å². The molecule has 0 spiro atoms. The van der Waals surface area contributed by atoms with Crippen LogP contribution in [0.3, 0.4) is 0 Å². The molecule has 0 aliphatic carbocycles. The Kier molecular flexibility index (Phi) is 4.53. The van der Waals surface area contributed by atoms with E-state index in [0.29, 0.717) is 5.75 Å². The van der Waals surface area contributed by atoms with Gasteiger partial charge in [0.25, 0.3) is 0 Å². The summed E-state index contributed by atoms with van der Waals surface area (Å²) in [5.74, 6) is 0.871. The second-order valence-electron chi connectivity index (χ2n) is 4.64. The van der Waals surface area contributed by atoms with E-state index >= 15 is 0 Å². The number of aryl methyl sites for hydroxylation is 1. The van der Waals surface area contributed by atoms with Crippen molar-refractivity contribution in [1.82, 2.24) is 4.90 Å². The molecule has 98 valence electrons. The van der Waals surface area contributed by atoms with Crippen molar-refractivity contribution in [2.24, 2.45) is 0 Å². The molecule has 0 saturated carbocycles. The number of thioether (sulfide) groups is 1. The second-order valence-corrected chi connectivity index (χ2v) is 5.51. The minimum atomic E-state index is 0.270. The lowest BCUT2D eigenvalue weighted by molar-refractivity contribution is -0.128. The molecule has 0 N–H and O–H groups in total. The van der Waals surface area contributed by atoms with Crippen LogP contribution in [0.2, 0.25) is 0 Å². The van der Waals surface area contributed by atoms with Gasteiger partial charge in [-0.1, -0.05) is 12.1 Å². The average Bonchev–Trinajstić information content (AvgIpc) is 2.39. The van der Waals surface area contributed by atoms with Gasteiger partial charge in [-0.2, -0.15) is 11.8 Å². The van der Waals surface area contributed by atoms with Gasteiger partial charge in [0.05, 0.1) is 5.75 Å². The predicted molar refractivity (Wildman–Crippen MR) is 78.4 cm³/mol. The second kappa shape index (κ2) is 6.14. The zero-order chi connectivity index (χ0) is 13.0. The van der Waals surface area contributed by atoms with Gasteiger partial charge in [-0.25, -0.2) is 0 Å². The maximum absolute atomic E-state index is 11.8. The van der Waals surface area contributed by atoms with Crippen LogP contribution < -0.4 is 4.90 Å². The van der Waals surface area contributed by atoms with Crippen LogP contribution in [-0.2, 0) is 4.79 Å². The summed E-state index contributed by atoms with van der Waals surface area (Å²) in [5, 5.41) is 0. The number of anilines is 1. The van der Waals surface area contributed by atoms with Crippen molar-refractivity contribution in [1.29, 1.82) is 0 Å². The van der Waals surface area contributed by atoms with Gasteiger partial charge in [0.1, 0.15) is 0 Å². The summed E-state index contributed by atoms with van der Waals surface area (Å²) in [6, 6.07) is 8.56. The van der Waals surface area contributed by atoms with E-state index in [1.165, 1.54) is 11.3 Å². The zero-order valence-corrected chi connectivity index (χ0v) is 11.9. The molecule has 18 heavy (non-hydrogen) atoms. The van der Waals surface area contributed by atoms with Crippen molar-refractivity contribution in [2.75, 3.05) is 43.1 Å². The van der Waals surface area contributed by atoms with E-state index in [9.17, 15) is 4.79 Å². The number of benzene rings is 1. The van der Waals surface area contributed by atoms with Crippen LogP contribution >= 0.6 is 11.8 Å². The first-order valence-corrected chi connectivity index (χ1v) is 7.68. The Balaban J connectivity index is 1.92. The summed E-state index contributed by atoms with van der Waals surface area (Å²) in [6.45, 7) is 5.66. The van der Waals surface area contributed by atoms with Crippen LogP contribution in [0.1, 0.15) is 5.56 Å². The molecule has 1 fully saturated rings. The average molecular weight is 264 g/mol. The third-order valence-corrected chi connectivity index (χ3v) is 3.80. The number of hydrogen-bond acceptors (Lipinski definition) is 3. The molecule has 0 radical (unpaired) electrons. The number of nitrogens with zero attached hydrogens (tertiary/aromatic N) is 2. The van der Waals surface area contributed by atoms with Gasteiger partial charge in [0.15, 0.2) is 0 Å². The molecule has 0 atom stereocenters. The highest BCUT2D eigenvalue weighted by atomic mass is 32.2. The smallest absolute Gasteiger partial charge is 0.232 e. The first kappa shape index (κ1) is 13.3. The first-order chi connectivity index (χ1) is 8.70. The molecule has 0 aromatic heterocycles. The summed E-state index contributed by atoms with van der Waals surface area (Å²) < 4.78 is 0. The van der Waals surface area contributed by atoms with E-state index in [2.05, 4.69) is 36.1 Å². The van der Waals surface area contributed by atoms with Crippen LogP contribution in [0, 0.1) is 6.92 Å². The molecule has 1 amide bonds. The van der Waals surface area contributed by atoms with Gasteiger partial charge in [0.2, 0.25) is 5.91 Å². The maximum atomic E-state index is 11.8. The van der Waals surface area contributed by atoms with E-state index in [1.54, 1.807) is 11.8 Å². The molecule has 1 aliphatic heterocycles. The Hall–Kier alpha value is -1.16. The van der Waals surface area contributed by atoms with E-state index < -0.39 is 0 Å². The molecule has 4 heteroatoms. The fraction of sp³-hybridized carbons (Fsp3) is 0.500. The number of carbonyl (C=O) groups excluding carboxylic acids is 1. The normalized spacial score (nSPS) is 15.9. The van der Waals surface area contributed by atoms with Crippen LogP contribution in [-0.4, -0.2) is 49.0 Å². The van der Waals surface area contributed by atoms with Gasteiger partial charge in [-0.3, -0.25) is 4.79 Å². The van der Waals surface area contributed by atoms with Gasteiger partial charge < -0.3 is 9.80 Å². The minimum absolute atomic E-state index is 0.270. The van der Waals surface area contributed by atoms with Crippen molar-refractivity contribution < 1.29 is 4.79 Å². The fourth-order valence-corrected chi connectivity index (χ4v) is 2.68. The topological polar surface area (TPSA) is 23.6 Å². The van der Waals surface area contributed by atoms with Gasteiger partial charge in [-0.05, 0) is 30.9 Å². The van der Waals surface area contributed by atoms with Crippen LogP contribution in [0.25, 0.3) is 0 Å². The summed E-state index contributed by atoms with van der Waals surface area (Å²) in [5.41, 5.74) is 2.56. The standard InChI is InChI=1S/C14H20N2OS/c1-12-4-3-5-13(10-12)15-6-8-16(9-7-15)14(17)11-18-2/h3-5,10H,6-9,11H2,1-2H3. The Morgan fingerprint density at radius 2 is 2.00 bits per heavy atom. The molecule has 1 aromatic carbocycles. The lowest BCUT2D eigenvalue weighted by atomic mass is 10.2. The highest BCUT2D eigenvalue weighted by molar-refractivity contribution is 7.99. The van der Waals surface area contributed by atoms with Crippen LogP contribution in [0.15, 0.2) is 24.3 Å². The quantitative estimate of drug-likeness (QED) is 0.834. The minimum Gasteiger partial charge on any atom is -0.368 e. The molecule has 0 unspecified atom stereocenters. The molecular weight excluding hydrogens is 244 g/mol. The molecular formula is C14H20N2OS. The Morgan fingerprint density at radius 3 is 2.61 bits per heavy atom. The summed E-state index contributed by atoms with van der Waals surface area (Å²) >= 11 is 1.60. The monoisotopic (exact) mass is 264 g/mol. The van der Waals surface area contributed by atoms with Crippen molar-refractivity contribution in [3.05, 3.63) is 29.8 Å². The largest absolute Gasteiger partial charge is 0.368 e. The van der Waals surface area contributed by atoms with Crippen molar-refractivity contribution in [3.63, 3.8) is 0 Å². The number of amides is 1. The van der Waals surface area contributed by atoms with Crippen molar-refractivity contribution >= 4 is 23.4 Å². The number of rotatable bonds is 3. The third kappa shape index (κ3) is 3.19. The van der Waals surface area contributed by atoms with Crippen LogP contribution in [0.4, 0.5) is 5.69 Å². The lowest BCUT2D eigenvalue weighted by Gasteiger charge is -2.36. The molecule has 3 nitrogen and oxygen atoms in total. The Bertz CT molecular complexity index is 414. The molecule has 0 bridgehead atoms. The Morgan fingerprint density at radius 1 is 1.28 bits per heavy atom. The first-order valence-electron chi connectivity index (χ1n) is 6.29. The van der Waals surface area contributed by atoms with E-state index in [0.717, 1.165) is 26.2 Å².